The van der Waals surface area contributed by atoms with Gasteiger partial charge in [-0.3, -0.25) is 0 Å². The van der Waals surface area contributed by atoms with Crippen LogP contribution in [0.3, 0.4) is 0 Å². The molecule has 2 fully saturated rings. The summed E-state index contributed by atoms with van der Waals surface area (Å²) in [5, 5.41) is -2.62. The van der Waals surface area contributed by atoms with E-state index in [-0.39, 0.29) is 9.76 Å². The van der Waals surface area contributed by atoms with Crippen LogP contribution in [0.5, 0.6) is 0 Å². The molecule has 0 aromatic rings. The van der Waals surface area contributed by atoms with Crippen LogP contribution in [-0.2, 0) is 4.43 Å². The molecule has 0 atom stereocenters. The van der Waals surface area contributed by atoms with Crippen molar-refractivity contribution in [2.75, 3.05) is 6.61 Å². The predicted molar refractivity (Wildman–Crippen MR) is 86.4 cm³/mol. The summed E-state index contributed by atoms with van der Waals surface area (Å²) in [5.41, 5.74) is 0. The Balaban J connectivity index is 0.000000225. The third-order valence-electron chi connectivity index (χ3n) is 2.90. The third-order valence-corrected chi connectivity index (χ3v) is 8.30. The molecule has 1 aliphatic heterocycles. The van der Waals surface area contributed by atoms with E-state index in [9.17, 15) is 0 Å². The molecule has 0 radical (unpaired) electrons. The maximum atomic E-state index is 5.88. The summed E-state index contributed by atoms with van der Waals surface area (Å²) in [7, 11) is 0.00849. The lowest BCUT2D eigenvalue weighted by Gasteiger charge is -2.37. The summed E-state index contributed by atoms with van der Waals surface area (Å²) in [6.07, 6.45) is 2.75. The number of hydrogen-bond acceptors (Lipinski definition) is 1. The monoisotopic (exact) mass is 390 g/mol. The highest BCUT2D eigenvalue weighted by Crippen LogP contribution is 2.39. The Bertz CT molecular complexity index is 172. The molecule has 0 spiro atoms. The Morgan fingerprint density at radius 3 is 1.17 bits per heavy atom. The van der Waals surface area contributed by atoms with E-state index in [0.717, 1.165) is 6.61 Å². The lowest BCUT2D eigenvalue weighted by Crippen LogP contribution is -2.52. The predicted octanol–water partition coefficient (Wildman–Crippen LogP) is 3.94. The van der Waals surface area contributed by atoms with Gasteiger partial charge in [0.25, 0.3) is 0 Å². The molecular formula is C10H16Cl6OSi. The van der Waals surface area contributed by atoms with Crippen molar-refractivity contribution >= 4 is 79.4 Å². The number of halogens is 6. The molecule has 108 valence electrons. The van der Waals surface area contributed by atoms with E-state index in [1.54, 1.807) is 0 Å². The minimum absolute atomic E-state index is 0.00849. The number of hydrogen-bond donors (Lipinski definition) is 0. The van der Waals surface area contributed by atoms with E-state index in [2.05, 4.69) is 0 Å². The normalized spacial score (nSPS) is 46.3. The molecule has 0 amide bonds. The van der Waals surface area contributed by atoms with Gasteiger partial charge in [-0.05, 0) is 12.5 Å². The van der Waals surface area contributed by atoms with Gasteiger partial charge in [0.15, 0.2) is 9.76 Å². The average molecular weight is 393 g/mol. The van der Waals surface area contributed by atoms with E-state index in [4.69, 9.17) is 74.0 Å². The van der Waals surface area contributed by atoms with Gasteiger partial charge in [0.2, 0.25) is 0 Å². The molecule has 2 aliphatic rings. The first kappa shape index (κ1) is 18.0. The van der Waals surface area contributed by atoms with E-state index in [1.807, 2.05) is 0 Å². The van der Waals surface area contributed by atoms with Crippen molar-refractivity contribution in [2.24, 2.45) is 0 Å². The minimum Gasteiger partial charge on any atom is -0.424 e. The molecule has 1 saturated heterocycles. The fraction of sp³-hybridized carbons (Fsp3) is 1.00. The van der Waals surface area contributed by atoms with Gasteiger partial charge in [0.05, 0.1) is 32.3 Å². The molecule has 18 heavy (non-hydrogen) atoms. The van der Waals surface area contributed by atoms with Gasteiger partial charge in [-0.1, -0.05) is 6.42 Å². The van der Waals surface area contributed by atoms with Crippen LogP contribution in [0, 0.1) is 0 Å². The molecule has 1 saturated carbocycles. The molecule has 1 aliphatic carbocycles. The molecule has 0 N–H and O–H groups in total. The molecule has 0 unspecified atom stereocenters. The minimum atomic E-state index is -0.437. The smallest absolute Gasteiger partial charge is 0.161 e. The van der Waals surface area contributed by atoms with Crippen molar-refractivity contribution in [3.8, 4) is 0 Å². The summed E-state index contributed by atoms with van der Waals surface area (Å²) < 4.78 is 5.21. The average Bonchev–Trinajstić information content (AvgIpc) is 2.43. The van der Waals surface area contributed by atoms with E-state index in [1.165, 1.54) is 18.9 Å². The first-order valence-corrected chi connectivity index (χ1v) is 10.1. The van der Waals surface area contributed by atoms with Crippen LogP contribution < -0.4 is 0 Å². The Hall–Kier alpha value is 1.92. The van der Waals surface area contributed by atoms with Crippen molar-refractivity contribution in [3.63, 3.8) is 0 Å². The zero-order valence-corrected chi connectivity index (χ0v) is 15.6. The largest absolute Gasteiger partial charge is 0.424 e. The van der Waals surface area contributed by atoms with Gasteiger partial charge < -0.3 is 4.43 Å². The van der Waals surface area contributed by atoms with Gasteiger partial charge in [-0.25, -0.2) is 0 Å². The second-order valence-corrected chi connectivity index (χ2v) is 8.89. The highest BCUT2D eigenvalue weighted by molar-refractivity contribution is 6.45. The first-order chi connectivity index (χ1) is 8.46. The van der Waals surface area contributed by atoms with Crippen LogP contribution in [0.4, 0.5) is 0 Å². The van der Waals surface area contributed by atoms with Crippen LogP contribution in [0.2, 0.25) is 6.04 Å². The second kappa shape index (κ2) is 9.04. The summed E-state index contributed by atoms with van der Waals surface area (Å²) in [6, 6.07) is 1.42. The molecule has 8 heteroatoms. The first-order valence-electron chi connectivity index (χ1n) is 5.89. The van der Waals surface area contributed by atoms with Crippen LogP contribution in [0.1, 0.15) is 12.8 Å². The van der Waals surface area contributed by atoms with E-state index < -0.39 is 32.3 Å². The summed E-state index contributed by atoms with van der Waals surface area (Å²) in [6.45, 7) is 1.06. The van der Waals surface area contributed by atoms with Crippen LogP contribution >= 0.6 is 69.6 Å². The van der Waals surface area contributed by atoms with Gasteiger partial charge in [-0.2, -0.15) is 0 Å². The maximum Gasteiger partial charge on any atom is 0.161 e. The van der Waals surface area contributed by atoms with Crippen molar-refractivity contribution < 1.29 is 4.43 Å². The van der Waals surface area contributed by atoms with Gasteiger partial charge >= 0.3 is 0 Å². The van der Waals surface area contributed by atoms with Crippen molar-refractivity contribution in [2.45, 2.75) is 51.1 Å². The standard InChI is InChI=1S/C6H6Cl6.C4H10OSi/c7-1-2(8)4(10)6(12)5(11)3(1)9;1-2-4-6-5-3-1/h1-6H;1-4,6H2/t1-,2-,3-,4+,5+,6+;. The van der Waals surface area contributed by atoms with Crippen LogP contribution in [0.25, 0.3) is 0 Å². The lowest BCUT2D eigenvalue weighted by atomic mass is 9.97. The topological polar surface area (TPSA) is 9.23 Å². The van der Waals surface area contributed by atoms with Gasteiger partial charge in [-0.15, -0.1) is 69.6 Å². The van der Waals surface area contributed by atoms with E-state index in [0.29, 0.717) is 0 Å². The molecule has 0 bridgehead atoms. The quantitative estimate of drug-likeness (QED) is 0.448. The lowest BCUT2D eigenvalue weighted by molar-refractivity contribution is 0.304. The van der Waals surface area contributed by atoms with E-state index >= 15 is 0 Å². The molecule has 1 nitrogen and oxygen atoms in total. The fourth-order valence-electron chi connectivity index (χ4n) is 1.74. The zero-order chi connectivity index (χ0) is 13.7. The highest BCUT2D eigenvalue weighted by Gasteiger charge is 2.46. The Morgan fingerprint density at radius 2 is 1.06 bits per heavy atom. The van der Waals surface area contributed by atoms with Gasteiger partial charge in [0, 0.05) is 6.61 Å². The summed E-state index contributed by atoms with van der Waals surface area (Å²) in [4.78, 5) is 0. The summed E-state index contributed by atoms with van der Waals surface area (Å²) in [5.74, 6) is 0. The van der Waals surface area contributed by atoms with Gasteiger partial charge in [0.1, 0.15) is 0 Å². The van der Waals surface area contributed by atoms with Crippen molar-refractivity contribution in [1.29, 1.82) is 0 Å². The Labute approximate surface area is 141 Å². The SMILES string of the molecule is C1CC[SiH2]OC1.Cl[C@H]1[C@H](Cl)[C@@H](Cl)[C@@H](Cl)[C@H](Cl)[C@H]1Cl. The fourth-order valence-corrected chi connectivity index (χ4v) is 5.24. The highest BCUT2D eigenvalue weighted by atomic mass is 35.5. The Morgan fingerprint density at radius 1 is 0.667 bits per heavy atom. The second-order valence-electron chi connectivity index (χ2n) is 4.34. The van der Waals surface area contributed by atoms with Crippen molar-refractivity contribution in [3.05, 3.63) is 0 Å². The molecule has 0 aromatic carbocycles. The zero-order valence-electron chi connectivity index (χ0n) is 9.68. The Kier molecular flexibility index (Phi) is 9.02. The van der Waals surface area contributed by atoms with Crippen molar-refractivity contribution in [1.82, 2.24) is 0 Å². The molecule has 0 aromatic heterocycles. The molecule has 1 heterocycles. The third kappa shape index (κ3) is 5.03. The number of alkyl halides is 6. The molecule has 2 rings (SSSR count). The van der Waals surface area contributed by atoms with Crippen LogP contribution in [0.15, 0.2) is 0 Å². The maximum absolute atomic E-state index is 5.88. The molecular weight excluding hydrogens is 377 g/mol. The van der Waals surface area contributed by atoms with Crippen LogP contribution in [-0.4, -0.2) is 48.6 Å². The summed E-state index contributed by atoms with van der Waals surface area (Å²) >= 11 is 35.3. The number of rotatable bonds is 0.